The number of hydrogen-bond acceptors (Lipinski definition) is 7. The lowest BCUT2D eigenvalue weighted by Crippen LogP contribution is -2.36. The van der Waals surface area contributed by atoms with Crippen LogP contribution in [0.1, 0.15) is 63.8 Å². The number of aryl methyl sites for hydroxylation is 1. The van der Waals surface area contributed by atoms with E-state index in [0.29, 0.717) is 42.4 Å². The van der Waals surface area contributed by atoms with Crippen molar-refractivity contribution in [1.82, 2.24) is 14.7 Å². The van der Waals surface area contributed by atoms with Gasteiger partial charge in [-0.2, -0.15) is 5.10 Å². The Hall–Kier alpha value is -2.88. The van der Waals surface area contributed by atoms with E-state index in [2.05, 4.69) is 10.4 Å². The average molecular weight is 435 g/mol. The number of rotatable bonds is 5. The number of carbonyl (C=O) groups excluding carboxylic acids is 3. The molecule has 0 bridgehead atoms. The quantitative estimate of drug-likeness (QED) is 0.724. The van der Waals surface area contributed by atoms with Crippen LogP contribution in [0.4, 0.5) is 9.80 Å². The first-order valence-corrected chi connectivity index (χ1v) is 10.6. The first-order valence-electron chi connectivity index (χ1n) is 9.78. The van der Waals surface area contributed by atoms with Crippen LogP contribution < -0.4 is 5.32 Å². The van der Waals surface area contributed by atoms with Crippen LogP contribution >= 0.6 is 11.3 Å². The molecule has 3 heterocycles. The van der Waals surface area contributed by atoms with Crippen molar-refractivity contribution in [2.75, 3.05) is 25.6 Å². The summed E-state index contributed by atoms with van der Waals surface area (Å²) in [6.07, 6.45) is 0.0895. The first kappa shape index (κ1) is 21.8. The van der Waals surface area contributed by atoms with Gasteiger partial charge in [0.15, 0.2) is 0 Å². The SMILES string of the molecule is CCOC(=O)N1CCc2c(sc(NC(=O)c3cc(C)nn3C(C)C)c2C(=O)OC)C1. The number of amides is 2. The average Bonchev–Trinajstić information content (AvgIpc) is 3.27. The van der Waals surface area contributed by atoms with Gasteiger partial charge in [0, 0.05) is 17.5 Å². The molecule has 1 aliphatic heterocycles. The lowest BCUT2D eigenvalue weighted by molar-refractivity contribution is 0.0600. The predicted molar refractivity (Wildman–Crippen MR) is 112 cm³/mol. The minimum atomic E-state index is -0.513. The zero-order chi connectivity index (χ0) is 22.0. The summed E-state index contributed by atoms with van der Waals surface area (Å²) in [4.78, 5) is 40.0. The maximum atomic E-state index is 13.0. The molecule has 2 amide bonds. The molecule has 9 nitrogen and oxygen atoms in total. The Kier molecular flexibility index (Phi) is 6.45. The van der Waals surface area contributed by atoms with Crippen LogP contribution in [0.3, 0.4) is 0 Å². The van der Waals surface area contributed by atoms with E-state index in [0.717, 1.165) is 16.1 Å². The van der Waals surface area contributed by atoms with E-state index in [1.807, 2.05) is 20.8 Å². The fourth-order valence-corrected chi connectivity index (χ4v) is 4.67. The third kappa shape index (κ3) is 4.18. The Labute approximate surface area is 178 Å². The lowest BCUT2D eigenvalue weighted by atomic mass is 10.0. The summed E-state index contributed by atoms with van der Waals surface area (Å²) in [7, 11) is 1.31. The molecule has 1 N–H and O–H groups in total. The molecule has 0 atom stereocenters. The summed E-state index contributed by atoms with van der Waals surface area (Å²) in [5.74, 6) is -0.865. The van der Waals surface area contributed by atoms with E-state index in [4.69, 9.17) is 9.47 Å². The molecule has 0 radical (unpaired) electrons. The van der Waals surface area contributed by atoms with Gasteiger partial charge in [0.25, 0.3) is 5.91 Å². The Morgan fingerprint density at radius 2 is 2.07 bits per heavy atom. The maximum Gasteiger partial charge on any atom is 0.410 e. The standard InChI is InChI=1S/C20H26N4O5S/c1-6-29-20(27)23-8-7-13-15(10-23)30-18(16(13)19(26)28-5)21-17(25)14-9-12(4)22-24(14)11(2)3/h9,11H,6-8,10H2,1-5H3,(H,21,25). The summed E-state index contributed by atoms with van der Waals surface area (Å²) < 4.78 is 11.7. The van der Waals surface area contributed by atoms with Crippen LogP contribution in [0.15, 0.2) is 6.07 Å². The first-order chi connectivity index (χ1) is 14.3. The molecule has 0 saturated carbocycles. The number of methoxy groups -OCH3 is 1. The molecule has 1 aliphatic rings. The molecule has 0 aromatic carbocycles. The van der Waals surface area contributed by atoms with Crippen molar-refractivity contribution in [2.24, 2.45) is 0 Å². The summed E-state index contributed by atoms with van der Waals surface area (Å²) >= 11 is 1.28. The highest BCUT2D eigenvalue weighted by atomic mass is 32.1. The van der Waals surface area contributed by atoms with Gasteiger partial charge in [0.1, 0.15) is 10.7 Å². The molecular weight excluding hydrogens is 408 g/mol. The van der Waals surface area contributed by atoms with Gasteiger partial charge in [-0.15, -0.1) is 11.3 Å². The number of esters is 1. The number of thiophene rings is 1. The minimum absolute atomic E-state index is 0.00852. The van der Waals surface area contributed by atoms with Gasteiger partial charge in [-0.25, -0.2) is 9.59 Å². The van der Waals surface area contributed by atoms with Crippen molar-refractivity contribution in [3.8, 4) is 0 Å². The molecule has 162 valence electrons. The van der Waals surface area contributed by atoms with Gasteiger partial charge in [-0.1, -0.05) is 0 Å². The molecule has 10 heteroatoms. The number of anilines is 1. The number of carbonyl (C=O) groups is 3. The van der Waals surface area contributed by atoms with Crippen LogP contribution in [-0.4, -0.2) is 52.9 Å². The molecule has 0 saturated heterocycles. The smallest absolute Gasteiger partial charge is 0.410 e. The summed E-state index contributed by atoms with van der Waals surface area (Å²) in [5.41, 5.74) is 2.30. The summed E-state index contributed by atoms with van der Waals surface area (Å²) in [5, 5.41) is 7.64. The van der Waals surface area contributed by atoms with Crippen molar-refractivity contribution < 1.29 is 23.9 Å². The predicted octanol–water partition coefficient (Wildman–Crippen LogP) is 3.39. The van der Waals surface area contributed by atoms with Crippen molar-refractivity contribution in [2.45, 2.75) is 46.7 Å². The largest absolute Gasteiger partial charge is 0.465 e. The Morgan fingerprint density at radius 1 is 1.33 bits per heavy atom. The molecule has 30 heavy (non-hydrogen) atoms. The van der Waals surface area contributed by atoms with Crippen LogP contribution in [0.25, 0.3) is 0 Å². The fraction of sp³-hybridized carbons (Fsp3) is 0.500. The van der Waals surface area contributed by atoms with Crippen molar-refractivity contribution in [3.63, 3.8) is 0 Å². The number of hydrogen-bond donors (Lipinski definition) is 1. The Balaban J connectivity index is 1.93. The molecule has 3 rings (SSSR count). The number of nitrogens with zero attached hydrogens (tertiary/aromatic N) is 3. The third-order valence-corrected chi connectivity index (χ3v) is 5.91. The van der Waals surface area contributed by atoms with Gasteiger partial charge in [-0.3, -0.25) is 9.48 Å². The lowest BCUT2D eigenvalue weighted by Gasteiger charge is -2.26. The molecule has 0 spiro atoms. The second kappa shape index (κ2) is 8.86. The van der Waals surface area contributed by atoms with Crippen molar-refractivity contribution >= 4 is 34.3 Å². The van der Waals surface area contributed by atoms with Gasteiger partial charge in [0.05, 0.1) is 31.5 Å². The van der Waals surface area contributed by atoms with E-state index < -0.39 is 12.1 Å². The second-order valence-electron chi connectivity index (χ2n) is 7.23. The van der Waals surface area contributed by atoms with Gasteiger partial charge >= 0.3 is 12.1 Å². The van der Waals surface area contributed by atoms with Crippen molar-refractivity contribution in [3.05, 3.63) is 33.5 Å². The molecular formula is C20H26N4O5S. The zero-order valence-corrected chi connectivity index (χ0v) is 18.6. The molecule has 2 aromatic rings. The maximum absolute atomic E-state index is 13.0. The minimum Gasteiger partial charge on any atom is -0.465 e. The zero-order valence-electron chi connectivity index (χ0n) is 17.8. The summed E-state index contributed by atoms with van der Waals surface area (Å²) in [6.45, 7) is 8.51. The number of fused-ring (bicyclic) bond motifs is 1. The van der Waals surface area contributed by atoms with Crippen LogP contribution in [0.5, 0.6) is 0 Å². The van der Waals surface area contributed by atoms with E-state index >= 15 is 0 Å². The monoisotopic (exact) mass is 434 g/mol. The normalized spacial score (nSPS) is 13.2. The molecule has 2 aromatic heterocycles. The van der Waals surface area contributed by atoms with Crippen molar-refractivity contribution in [1.29, 1.82) is 0 Å². The second-order valence-corrected chi connectivity index (χ2v) is 8.34. The number of aromatic nitrogens is 2. The van der Waals surface area contributed by atoms with Crippen LogP contribution in [0.2, 0.25) is 0 Å². The van der Waals surface area contributed by atoms with Crippen LogP contribution in [-0.2, 0) is 22.4 Å². The van der Waals surface area contributed by atoms with E-state index in [1.54, 1.807) is 22.6 Å². The Morgan fingerprint density at radius 3 is 2.70 bits per heavy atom. The molecule has 0 fully saturated rings. The fourth-order valence-electron chi connectivity index (χ4n) is 3.43. The summed E-state index contributed by atoms with van der Waals surface area (Å²) in [6, 6.07) is 1.72. The number of nitrogens with one attached hydrogen (secondary N) is 1. The van der Waals surface area contributed by atoms with E-state index in [9.17, 15) is 14.4 Å². The number of ether oxygens (including phenoxy) is 2. The van der Waals surface area contributed by atoms with E-state index in [-0.39, 0.29) is 11.9 Å². The topological polar surface area (TPSA) is 103 Å². The van der Waals surface area contributed by atoms with Crippen LogP contribution in [0, 0.1) is 6.92 Å². The highest BCUT2D eigenvalue weighted by molar-refractivity contribution is 7.17. The van der Waals surface area contributed by atoms with Gasteiger partial charge < -0.3 is 19.7 Å². The Bertz CT molecular complexity index is 978. The van der Waals surface area contributed by atoms with E-state index in [1.165, 1.54) is 18.4 Å². The highest BCUT2D eigenvalue weighted by Gasteiger charge is 2.31. The third-order valence-electron chi connectivity index (χ3n) is 4.78. The van der Waals surface area contributed by atoms with Gasteiger partial charge in [0.2, 0.25) is 0 Å². The highest BCUT2D eigenvalue weighted by Crippen LogP contribution is 2.38. The molecule has 0 unspecified atom stereocenters. The van der Waals surface area contributed by atoms with Gasteiger partial charge in [-0.05, 0) is 45.7 Å². The molecule has 0 aliphatic carbocycles.